The van der Waals surface area contributed by atoms with Gasteiger partial charge in [0.15, 0.2) is 0 Å². The fourth-order valence-corrected chi connectivity index (χ4v) is 1.51. The average molecular weight is 280 g/mol. The third-order valence-corrected chi connectivity index (χ3v) is 2.26. The number of carbonyl (C=O) groups is 1. The maximum Gasteiger partial charge on any atom is 0.406 e. The summed E-state index contributed by atoms with van der Waals surface area (Å²) >= 11 is 0. The Bertz CT molecular complexity index is 442. The molecule has 0 radical (unpaired) electrons. The molecule has 1 aromatic carbocycles. The molecule has 0 aromatic heterocycles. The minimum absolute atomic E-state index is 0.211. The van der Waals surface area contributed by atoms with E-state index in [4.69, 9.17) is 5.73 Å². The van der Waals surface area contributed by atoms with Crippen LogP contribution in [0.2, 0.25) is 0 Å². The van der Waals surface area contributed by atoms with E-state index in [9.17, 15) is 27.5 Å². The number of aromatic hydroxyl groups is 1. The van der Waals surface area contributed by atoms with E-state index in [0.29, 0.717) is 4.90 Å². The fourth-order valence-electron chi connectivity index (χ4n) is 1.51. The Kier molecular flexibility index (Phi) is 4.71. The van der Waals surface area contributed by atoms with E-state index in [1.807, 2.05) is 0 Å². The number of phenolic OH excluding ortho intramolecular Hbond substituents is 1. The van der Waals surface area contributed by atoms with Crippen molar-refractivity contribution in [1.29, 1.82) is 0 Å². The lowest BCUT2D eigenvalue weighted by molar-refractivity contribution is -0.140. The summed E-state index contributed by atoms with van der Waals surface area (Å²) in [6, 6.07) is 3.03. The lowest BCUT2D eigenvalue weighted by Gasteiger charge is -2.23. The van der Waals surface area contributed by atoms with Gasteiger partial charge in [-0.15, -0.1) is 0 Å². The predicted octanol–water partition coefficient (Wildman–Crippen LogP) is 1.49. The number of nitrogens with two attached hydrogens (primary N) is 1. The van der Waals surface area contributed by atoms with Gasteiger partial charge in [0.2, 0.25) is 0 Å². The van der Waals surface area contributed by atoms with Crippen LogP contribution in [0.4, 0.5) is 17.6 Å². The van der Waals surface area contributed by atoms with Crippen LogP contribution in [0.1, 0.15) is 10.4 Å². The van der Waals surface area contributed by atoms with Gasteiger partial charge in [-0.1, -0.05) is 6.07 Å². The summed E-state index contributed by atoms with van der Waals surface area (Å²) in [6.07, 6.45) is -4.63. The van der Waals surface area contributed by atoms with E-state index in [0.717, 1.165) is 18.2 Å². The van der Waals surface area contributed by atoms with Crippen molar-refractivity contribution < 1.29 is 27.5 Å². The molecule has 19 heavy (non-hydrogen) atoms. The van der Waals surface area contributed by atoms with Crippen molar-refractivity contribution in [3.05, 3.63) is 29.6 Å². The van der Waals surface area contributed by atoms with E-state index < -0.39 is 42.3 Å². The second-order valence-corrected chi connectivity index (χ2v) is 3.76. The monoisotopic (exact) mass is 280 g/mol. The van der Waals surface area contributed by atoms with E-state index in [-0.39, 0.29) is 6.54 Å². The molecule has 0 aliphatic carbocycles. The molecule has 0 bridgehead atoms. The number of halogens is 4. The molecule has 0 unspecified atom stereocenters. The minimum Gasteiger partial charge on any atom is -0.507 e. The molecule has 1 rings (SSSR count). The molecule has 0 fully saturated rings. The Morgan fingerprint density at radius 3 is 2.47 bits per heavy atom. The molecule has 0 aliphatic rings. The lowest BCUT2D eigenvalue weighted by Crippen LogP contribution is -2.42. The highest BCUT2D eigenvalue weighted by Crippen LogP contribution is 2.24. The van der Waals surface area contributed by atoms with Crippen molar-refractivity contribution in [3.63, 3.8) is 0 Å². The van der Waals surface area contributed by atoms with Crippen molar-refractivity contribution >= 4 is 5.91 Å². The lowest BCUT2D eigenvalue weighted by atomic mass is 10.1. The minimum atomic E-state index is -4.63. The molecule has 0 heterocycles. The predicted molar refractivity (Wildman–Crippen MR) is 59.1 cm³/mol. The van der Waals surface area contributed by atoms with Crippen molar-refractivity contribution in [2.45, 2.75) is 6.18 Å². The number of carbonyl (C=O) groups excluding carboxylic acids is 1. The number of hydrogen-bond acceptors (Lipinski definition) is 3. The van der Waals surface area contributed by atoms with Crippen LogP contribution in [0.15, 0.2) is 18.2 Å². The van der Waals surface area contributed by atoms with Crippen LogP contribution in [0.25, 0.3) is 0 Å². The zero-order valence-corrected chi connectivity index (χ0v) is 9.75. The number of phenols is 1. The van der Waals surface area contributed by atoms with Gasteiger partial charge in [-0.05, 0) is 12.1 Å². The third kappa shape index (κ3) is 4.09. The number of nitrogens with zero attached hydrogens (tertiary/aromatic N) is 1. The largest absolute Gasteiger partial charge is 0.507 e. The van der Waals surface area contributed by atoms with Crippen LogP contribution in [-0.4, -0.2) is 41.7 Å². The SMILES string of the molecule is NCCN(CC(F)(F)F)C(=O)c1c(O)cccc1F. The van der Waals surface area contributed by atoms with Crippen LogP contribution >= 0.6 is 0 Å². The molecular formula is C11H12F4N2O2. The summed E-state index contributed by atoms with van der Waals surface area (Å²) in [5, 5.41) is 9.38. The molecule has 3 N–H and O–H groups in total. The Hall–Kier alpha value is -1.83. The molecular weight excluding hydrogens is 268 g/mol. The van der Waals surface area contributed by atoms with Gasteiger partial charge in [-0.3, -0.25) is 4.79 Å². The van der Waals surface area contributed by atoms with Crippen LogP contribution in [0.5, 0.6) is 5.75 Å². The Labute approximate surface area is 106 Å². The molecule has 8 heteroatoms. The molecule has 0 spiro atoms. The van der Waals surface area contributed by atoms with Gasteiger partial charge in [0.05, 0.1) is 0 Å². The highest BCUT2D eigenvalue weighted by molar-refractivity contribution is 5.97. The maximum atomic E-state index is 13.4. The first kappa shape index (κ1) is 15.2. The topological polar surface area (TPSA) is 66.6 Å². The summed E-state index contributed by atoms with van der Waals surface area (Å²) in [5.74, 6) is -3.05. The van der Waals surface area contributed by atoms with Crippen molar-refractivity contribution in [2.24, 2.45) is 5.73 Å². The summed E-state index contributed by atoms with van der Waals surface area (Å²) in [6.45, 7) is -2.17. The Morgan fingerprint density at radius 1 is 1.37 bits per heavy atom. The number of benzene rings is 1. The van der Waals surface area contributed by atoms with Gasteiger partial charge in [0.1, 0.15) is 23.7 Å². The van der Waals surface area contributed by atoms with Gasteiger partial charge in [0.25, 0.3) is 5.91 Å². The number of rotatable bonds is 4. The highest BCUT2D eigenvalue weighted by Gasteiger charge is 2.34. The molecule has 106 valence electrons. The first-order valence-electron chi connectivity index (χ1n) is 5.30. The Balaban J connectivity index is 3.06. The first-order chi connectivity index (χ1) is 8.76. The third-order valence-electron chi connectivity index (χ3n) is 2.26. The molecule has 1 amide bonds. The van der Waals surface area contributed by atoms with E-state index >= 15 is 0 Å². The van der Waals surface area contributed by atoms with Gasteiger partial charge in [-0.25, -0.2) is 4.39 Å². The van der Waals surface area contributed by atoms with Gasteiger partial charge in [-0.2, -0.15) is 13.2 Å². The molecule has 0 atom stereocenters. The van der Waals surface area contributed by atoms with Crippen molar-refractivity contribution in [1.82, 2.24) is 4.90 Å². The van der Waals surface area contributed by atoms with Gasteiger partial charge >= 0.3 is 6.18 Å². The van der Waals surface area contributed by atoms with E-state index in [2.05, 4.69) is 0 Å². The summed E-state index contributed by atoms with van der Waals surface area (Å²) in [5.41, 5.74) is 4.33. The van der Waals surface area contributed by atoms with Gasteiger partial charge in [0, 0.05) is 13.1 Å². The number of amides is 1. The van der Waals surface area contributed by atoms with Crippen molar-refractivity contribution in [3.8, 4) is 5.75 Å². The Morgan fingerprint density at radius 2 is 2.00 bits per heavy atom. The fraction of sp³-hybridized carbons (Fsp3) is 0.364. The molecule has 0 aliphatic heterocycles. The first-order valence-corrected chi connectivity index (χ1v) is 5.30. The zero-order valence-electron chi connectivity index (χ0n) is 9.75. The quantitative estimate of drug-likeness (QED) is 0.821. The summed E-state index contributed by atoms with van der Waals surface area (Å²) < 4.78 is 50.4. The molecule has 0 saturated carbocycles. The standard InChI is InChI=1S/C11H12F4N2O2/c12-7-2-1-3-8(18)9(7)10(19)17(5-4-16)6-11(13,14)15/h1-3,18H,4-6,16H2. The summed E-state index contributed by atoms with van der Waals surface area (Å²) in [7, 11) is 0. The second kappa shape index (κ2) is 5.87. The van der Waals surface area contributed by atoms with E-state index in [1.165, 1.54) is 0 Å². The average Bonchev–Trinajstić information content (AvgIpc) is 2.26. The van der Waals surface area contributed by atoms with Crippen LogP contribution < -0.4 is 5.73 Å². The smallest absolute Gasteiger partial charge is 0.406 e. The number of alkyl halides is 3. The normalized spacial score (nSPS) is 11.4. The van der Waals surface area contributed by atoms with Crippen LogP contribution in [0.3, 0.4) is 0 Å². The second-order valence-electron chi connectivity index (χ2n) is 3.76. The van der Waals surface area contributed by atoms with Gasteiger partial charge < -0.3 is 15.7 Å². The van der Waals surface area contributed by atoms with Crippen molar-refractivity contribution in [2.75, 3.05) is 19.6 Å². The zero-order chi connectivity index (χ0) is 14.6. The molecule has 1 aromatic rings. The molecule has 4 nitrogen and oxygen atoms in total. The van der Waals surface area contributed by atoms with Crippen LogP contribution in [0, 0.1) is 5.82 Å². The maximum absolute atomic E-state index is 13.4. The number of hydrogen-bond donors (Lipinski definition) is 2. The highest BCUT2D eigenvalue weighted by atomic mass is 19.4. The van der Waals surface area contributed by atoms with Crippen LogP contribution in [-0.2, 0) is 0 Å². The van der Waals surface area contributed by atoms with E-state index in [1.54, 1.807) is 0 Å². The summed E-state index contributed by atoms with van der Waals surface area (Å²) in [4.78, 5) is 12.2. The molecule has 0 saturated heterocycles.